The molecule has 2 rings (SSSR count). The first-order valence-electron chi connectivity index (χ1n) is 6.06. The van der Waals surface area contributed by atoms with Crippen molar-refractivity contribution in [3.8, 4) is 0 Å². The first kappa shape index (κ1) is 11.7. The summed E-state index contributed by atoms with van der Waals surface area (Å²) in [6, 6.07) is 8.78. The van der Waals surface area contributed by atoms with E-state index in [0.717, 1.165) is 12.5 Å². The van der Waals surface area contributed by atoms with Crippen molar-refractivity contribution in [1.29, 1.82) is 0 Å². The summed E-state index contributed by atoms with van der Waals surface area (Å²) in [5.41, 5.74) is 2.65. The summed E-state index contributed by atoms with van der Waals surface area (Å²) in [6.07, 6.45) is 3.86. The van der Waals surface area contributed by atoms with Gasteiger partial charge in [-0.05, 0) is 31.9 Å². The highest BCUT2D eigenvalue weighted by Crippen LogP contribution is 2.23. The van der Waals surface area contributed by atoms with E-state index in [9.17, 15) is 0 Å². The van der Waals surface area contributed by atoms with Crippen molar-refractivity contribution < 1.29 is 0 Å². The Kier molecular flexibility index (Phi) is 3.47. The molecule has 0 radical (unpaired) electrons. The summed E-state index contributed by atoms with van der Waals surface area (Å²) >= 11 is 0. The lowest BCUT2D eigenvalue weighted by Crippen LogP contribution is -2.12. The van der Waals surface area contributed by atoms with Crippen LogP contribution in [0.3, 0.4) is 0 Å². The highest BCUT2D eigenvalue weighted by Gasteiger charge is 2.12. The van der Waals surface area contributed by atoms with Gasteiger partial charge in [-0.1, -0.05) is 24.3 Å². The van der Waals surface area contributed by atoms with Crippen molar-refractivity contribution in [2.24, 2.45) is 0 Å². The standard InChI is InChI=1S/C14H19N3/c1-4-15-14-16-9-10-17(14)12(3)13-8-6-5-7-11(13)2/h5-10,12H,4H2,1-3H3,(H,15,16). The topological polar surface area (TPSA) is 29.9 Å². The number of hydrogen-bond acceptors (Lipinski definition) is 2. The van der Waals surface area contributed by atoms with Crippen LogP contribution in [0.25, 0.3) is 0 Å². The van der Waals surface area contributed by atoms with Crippen LogP contribution in [-0.4, -0.2) is 16.1 Å². The molecule has 1 unspecified atom stereocenters. The fourth-order valence-electron chi connectivity index (χ4n) is 2.13. The maximum absolute atomic E-state index is 4.33. The summed E-state index contributed by atoms with van der Waals surface area (Å²) in [5, 5.41) is 3.28. The molecule has 3 heteroatoms. The molecule has 0 saturated carbocycles. The number of benzene rings is 1. The van der Waals surface area contributed by atoms with Crippen molar-refractivity contribution in [2.45, 2.75) is 26.8 Å². The SMILES string of the molecule is CCNc1nccn1C(C)c1ccccc1C. The third-order valence-electron chi connectivity index (χ3n) is 3.06. The van der Waals surface area contributed by atoms with Crippen LogP contribution in [0.1, 0.15) is 31.0 Å². The zero-order valence-electron chi connectivity index (χ0n) is 10.6. The molecule has 1 N–H and O–H groups in total. The van der Waals surface area contributed by atoms with Gasteiger partial charge in [-0.25, -0.2) is 4.98 Å². The van der Waals surface area contributed by atoms with Crippen LogP contribution in [-0.2, 0) is 0 Å². The number of hydrogen-bond donors (Lipinski definition) is 1. The van der Waals surface area contributed by atoms with Gasteiger partial charge in [0.1, 0.15) is 0 Å². The van der Waals surface area contributed by atoms with Crippen molar-refractivity contribution in [3.63, 3.8) is 0 Å². The lowest BCUT2D eigenvalue weighted by Gasteiger charge is -2.18. The van der Waals surface area contributed by atoms with Gasteiger partial charge in [-0.2, -0.15) is 0 Å². The second-order valence-corrected chi connectivity index (χ2v) is 4.22. The van der Waals surface area contributed by atoms with Gasteiger partial charge in [0, 0.05) is 18.9 Å². The average Bonchev–Trinajstić information content (AvgIpc) is 2.78. The Morgan fingerprint density at radius 3 is 2.82 bits per heavy atom. The Labute approximate surface area is 103 Å². The normalized spacial score (nSPS) is 12.4. The molecule has 0 saturated heterocycles. The molecule has 0 aliphatic carbocycles. The van der Waals surface area contributed by atoms with E-state index in [2.05, 4.69) is 59.9 Å². The summed E-state index contributed by atoms with van der Waals surface area (Å²) in [4.78, 5) is 4.33. The fourth-order valence-corrected chi connectivity index (χ4v) is 2.13. The minimum atomic E-state index is 0.299. The monoisotopic (exact) mass is 229 g/mol. The summed E-state index contributed by atoms with van der Waals surface area (Å²) in [7, 11) is 0. The van der Waals surface area contributed by atoms with Crippen LogP contribution in [0.4, 0.5) is 5.95 Å². The summed E-state index contributed by atoms with van der Waals surface area (Å²) in [6.45, 7) is 7.31. The maximum Gasteiger partial charge on any atom is 0.203 e. The molecule has 0 spiro atoms. The van der Waals surface area contributed by atoms with E-state index in [4.69, 9.17) is 0 Å². The zero-order valence-corrected chi connectivity index (χ0v) is 10.6. The molecule has 3 nitrogen and oxygen atoms in total. The van der Waals surface area contributed by atoms with E-state index in [-0.39, 0.29) is 0 Å². The molecular formula is C14H19N3. The van der Waals surface area contributed by atoms with E-state index in [1.807, 2.05) is 12.4 Å². The second-order valence-electron chi connectivity index (χ2n) is 4.22. The van der Waals surface area contributed by atoms with Crippen LogP contribution in [0, 0.1) is 6.92 Å². The molecule has 0 bridgehead atoms. The van der Waals surface area contributed by atoms with Gasteiger partial charge >= 0.3 is 0 Å². The number of nitrogens with zero attached hydrogens (tertiary/aromatic N) is 2. The van der Waals surface area contributed by atoms with E-state index in [1.165, 1.54) is 11.1 Å². The number of imidazole rings is 1. The molecule has 90 valence electrons. The van der Waals surface area contributed by atoms with E-state index < -0.39 is 0 Å². The van der Waals surface area contributed by atoms with Gasteiger partial charge in [0.15, 0.2) is 0 Å². The third kappa shape index (κ3) is 2.33. The van der Waals surface area contributed by atoms with Crippen LogP contribution < -0.4 is 5.32 Å². The van der Waals surface area contributed by atoms with Crippen LogP contribution in [0.5, 0.6) is 0 Å². The highest BCUT2D eigenvalue weighted by molar-refractivity contribution is 5.33. The molecule has 1 heterocycles. The highest BCUT2D eigenvalue weighted by atomic mass is 15.2. The van der Waals surface area contributed by atoms with Crippen molar-refractivity contribution >= 4 is 5.95 Å². The quantitative estimate of drug-likeness (QED) is 0.872. The molecular weight excluding hydrogens is 210 g/mol. The van der Waals surface area contributed by atoms with Crippen LogP contribution in [0.15, 0.2) is 36.7 Å². The van der Waals surface area contributed by atoms with Gasteiger partial charge < -0.3 is 9.88 Å². The number of aryl methyl sites for hydroxylation is 1. The van der Waals surface area contributed by atoms with Gasteiger partial charge in [-0.3, -0.25) is 0 Å². The number of nitrogens with one attached hydrogen (secondary N) is 1. The number of aromatic nitrogens is 2. The third-order valence-corrected chi connectivity index (χ3v) is 3.06. The predicted molar refractivity (Wildman–Crippen MR) is 71.4 cm³/mol. The molecule has 0 aliphatic heterocycles. The van der Waals surface area contributed by atoms with Crippen LogP contribution in [0.2, 0.25) is 0 Å². The second kappa shape index (κ2) is 5.04. The lowest BCUT2D eigenvalue weighted by atomic mass is 10.0. The Morgan fingerprint density at radius 1 is 1.35 bits per heavy atom. The van der Waals surface area contributed by atoms with Gasteiger partial charge in [0.25, 0.3) is 0 Å². The Balaban J connectivity index is 2.34. The number of anilines is 1. The van der Waals surface area contributed by atoms with E-state index in [1.54, 1.807) is 0 Å². The minimum Gasteiger partial charge on any atom is -0.356 e. The predicted octanol–water partition coefficient (Wildman–Crippen LogP) is 3.23. The average molecular weight is 229 g/mol. The van der Waals surface area contributed by atoms with Crippen LogP contribution >= 0.6 is 0 Å². The molecule has 1 atom stereocenters. The summed E-state index contributed by atoms with van der Waals surface area (Å²) in [5.74, 6) is 0.934. The first-order chi connectivity index (χ1) is 8.24. The first-order valence-corrected chi connectivity index (χ1v) is 6.06. The lowest BCUT2D eigenvalue weighted by molar-refractivity contribution is 0.640. The fraction of sp³-hybridized carbons (Fsp3) is 0.357. The molecule has 1 aromatic carbocycles. The molecule has 2 aromatic rings. The Hall–Kier alpha value is -1.77. The molecule has 17 heavy (non-hydrogen) atoms. The molecule has 0 aliphatic rings. The maximum atomic E-state index is 4.33. The van der Waals surface area contributed by atoms with Gasteiger partial charge in [-0.15, -0.1) is 0 Å². The van der Waals surface area contributed by atoms with Crippen molar-refractivity contribution in [1.82, 2.24) is 9.55 Å². The van der Waals surface area contributed by atoms with E-state index in [0.29, 0.717) is 6.04 Å². The molecule has 0 amide bonds. The van der Waals surface area contributed by atoms with Gasteiger partial charge in [0.05, 0.1) is 6.04 Å². The largest absolute Gasteiger partial charge is 0.356 e. The smallest absolute Gasteiger partial charge is 0.203 e. The van der Waals surface area contributed by atoms with E-state index >= 15 is 0 Å². The Morgan fingerprint density at radius 2 is 2.12 bits per heavy atom. The molecule has 1 aromatic heterocycles. The zero-order chi connectivity index (χ0) is 12.3. The Bertz CT molecular complexity index is 488. The number of rotatable bonds is 4. The molecule has 0 fully saturated rings. The van der Waals surface area contributed by atoms with Crippen molar-refractivity contribution in [2.75, 3.05) is 11.9 Å². The minimum absolute atomic E-state index is 0.299. The van der Waals surface area contributed by atoms with Gasteiger partial charge in [0.2, 0.25) is 5.95 Å². The van der Waals surface area contributed by atoms with Crippen molar-refractivity contribution in [3.05, 3.63) is 47.8 Å². The summed E-state index contributed by atoms with van der Waals surface area (Å²) < 4.78 is 2.17.